The summed E-state index contributed by atoms with van der Waals surface area (Å²) in [5, 5.41) is 0. The van der Waals surface area contributed by atoms with Crippen LogP contribution in [0.1, 0.15) is 11.1 Å². The van der Waals surface area contributed by atoms with Crippen LogP contribution in [0.15, 0.2) is 86.0 Å². The van der Waals surface area contributed by atoms with E-state index in [0.29, 0.717) is 11.5 Å². The first-order chi connectivity index (χ1) is 13.5. The molecule has 140 valence electrons. The van der Waals surface area contributed by atoms with Gasteiger partial charge in [-0.25, -0.2) is 9.59 Å². The Morgan fingerprint density at radius 2 is 1.00 bits per heavy atom. The molecule has 0 aromatic heterocycles. The lowest BCUT2D eigenvalue weighted by Crippen LogP contribution is -2.02. The van der Waals surface area contributed by atoms with Gasteiger partial charge in [0.25, 0.3) is 0 Å². The number of esters is 2. The van der Waals surface area contributed by atoms with Crippen molar-refractivity contribution < 1.29 is 23.9 Å². The maximum Gasteiger partial charge on any atom is 0.335 e. The molecular weight excluding hydrogens is 356 g/mol. The van der Waals surface area contributed by atoms with Crippen molar-refractivity contribution in [3.8, 4) is 11.5 Å². The van der Waals surface area contributed by atoms with E-state index in [4.69, 9.17) is 9.47 Å². The van der Waals surface area contributed by atoms with Gasteiger partial charge in [-0.3, -0.25) is 4.79 Å². The molecule has 0 radical (unpaired) electrons. The molecule has 0 unspecified atom stereocenters. The van der Waals surface area contributed by atoms with Crippen molar-refractivity contribution in [2.75, 3.05) is 0 Å². The van der Waals surface area contributed by atoms with Crippen molar-refractivity contribution >= 4 is 29.9 Å². The molecule has 0 aliphatic rings. The zero-order valence-corrected chi connectivity index (χ0v) is 15.0. The second-order valence-electron chi connectivity index (χ2n) is 5.46. The van der Waals surface area contributed by atoms with E-state index in [0.717, 1.165) is 23.3 Å². The minimum absolute atomic E-state index is 0.190. The molecule has 5 heteroatoms. The fourth-order valence-electron chi connectivity index (χ4n) is 2.02. The Labute approximate surface area is 162 Å². The second-order valence-corrected chi connectivity index (χ2v) is 5.46. The summed E-state index contributed by atoms with van der Waals surface area (Å²) in [5.74, 6) is -0.457. The first kappa shape index (κ1) is 20.3. The minimum Gasteiger partial charge on any atom is -0.423 e. The highest BCUT2D eigenvalue weighted by molar-refractivity contribution is 6.04. The van der Waals surface area contributed by atoms with Crippen LogP contribution < -0.4 is 9.47 Å². The fourth-order valence-corrected chi connectivity index (χ4v) is 2.02. The van der Waals surface area contributed by atoms with Crippen LogP contribution >= 0.6 is 0 Å². The molecule has 0 bridgehead atoms. The first-order valence-electron chi connectivity index (χ1n) is 8.29. The lowest BCUT2D eigenvalue weighted by molar-refractivity contribution is -0.129. The molecule has 0 heterocycles. The number of allylic oxidation sites excluding steroid dienone is 2. The van der Waals surface area contributed by atoms with E-state index >= 15 is 0 Å². The maximum atomic E-state index is 12.0. The lowest BCUT2D eigenvalue weighted by atomic mass is 10.1. The molecule has 0 atom stereocenters. The third-order valence-electron chi connectivity index (χ3n) is 3.41. The van der Waals surface area contributed by atoms with Crippen LogP contribution in [0.2, 0.25) is 0 Å². The molecule has 0 saturated heterocycles. The standard InChI is InChI=1S/C23H18O5/c1-3-22(25)27-20-13-7-17(8-14-20)5-11-19(24)12-6-18-9-15-21(16-10-18)28-23(26)4-2/h3-16H,1-2H2/b11-5+,12-6+. The minimum atomic E-state index is -0.532. The Bertz CT molecular complexity index is 854. The Hall–Kier alpha value is -3.99. The van der Waals surface area contributed by atoms with Crippen LogP contribution in [0, 0.1) is 0 Å². The van der Waals surface area contributed by atoms with Gasteiger partial charge in [0.05, 0.1) is 0 Å². The van der Waals surface area contributed by atoms with Crippen LogP contribution in [-0.2, 0) is 14.4 Å². The highest BCUT2D eigenvalue weighted by Crippen LogP contribution is 2.15. The van der Waals surface area contributed by atoms with E-state index in [2.05, 4.69) is 13.2 Å². The molecule has 0 fully saturated rings. The normalized spacial score (nSPS) is 10.6. The SMILES string of the molecule is C=CC(=O)Oc1ccc(/C=C/C(=O)/C=C/c2ccc(OC(=O)C=C)cc2)cc1. The number of hydrogen-bond donors (Lipinski definition) is 0. The van der Waals surface area contributed by atoms with E-state index in [9.17, 15) is 14.4 Å². The Balaban J connectivity index is 1.92. The molecule has 2 rings (SSSR count). The molecular formula is C23H18O5. The topological polar surface area (TPSA) is 69.7 Å². The monoisotopic (exact) mass is 374 g/mol. The molecule has 2 aromatic rings. The molecule has 0 amide bonds. The summed E-state index contributed by atoms with van der Waals surface area (Å²) >= 11 is 0. The summed E-state index contributed by atoms with van der Waals surface area (Å²) in [7, 11) is 0. The molecule has 0 N–H and O–H groups in total. The van der Waals surface area contributed by atoms with Crippen molar-refractivity contribution in [2.24, 2.45) is 0 Å². The van der Waals surface area contributed by atoms with Crippen LogP contribution in [0.5, 0.6) is 11.5 Å². The summed E-state index contributed by atoms with van der Waals surface area (Å²) in [4.78, 5) is 34.2. The molecule has 5 nitrogen and oxygen atoms in total. The van der Waals surface area contributed by atoms with E-state index < -0.39 is 11.9 Å². The molecule has 2 aromatic carbocycles. The summed E-state index contributed by atoms with van der Waals surface area (Å²) in [5.41, 5.74) is 1.57. The van der Waals surface area contributed by atoms with Crippen molar-refractivity contribution in [2.45, 2.75) is 0 Å². The number of ether oxygens (including phenoxy) is 2. The van der Waals surface area contributed by atoms with Gasteiger partial charge < -0.3 is 9.47 Å². The number of carbonyl (C=O) groups is 3. The van der Waals surface area contributed by atoms with E-state index in [-0.39, 0.29) is 5.78 Å². The summed E-state index contributed by atoms with van der Waals surface area (Å²) in [6.45, 7) is 6.66. The molecule has 0 saturated carbocycles. The lowest BCUT2D eigenvalue weighted by Gasteiger charge is -2.01. The highest BCUT2D eigenvalue weighted by atomic mass is 16.5. The first-order valence-corrected chi connectivity index (χ1v) is 8.29. The molecule has 28 heavy (non-hydrogen) atoms. The number of ketones is 1. The summed E-state index contributed by atoms with van der Waals surface area (Å²) in [6, 6.07) is 13.4. The van der Waals surface area contributed by atoms with Gasteiger partial charge in [-0.2, -0.15) is 0 Å². The zero-order chi connectivity index (χ0) is 20.4. The maximum absolute atomic E-state index is 12.0. The smallest absolute Gasteiger partial charge is 0.335 e. The molecule has 0 aliphatic heterocycles. The Kier molecular flexibility index (Phi) is 7.43. The van der Waals surface area contributed by atoms with Crippen LogP contribution in [0.4, 0.5) is 0 Å². The number of carbonyl (C=O) groups excluding carboxylic acids is 3. The van der Waals surface area contributed by atoms with Crippen molar-refractivity contribution in [3.63, 3.8) is 0 Å². The predicted molar refractivity (Wildman–Crippen MR) is 108 cm³/mol. The van der Waals surface area contributed by atoms with E-state index in [1.54, 1.807) is 60.7 Å². The van der Waals surface area contributed by atoms with Gasteiger partial charge in [0.2, 0.25) is 0 Å². The Morgan fingerprint density at radius 1 is 0.643 bits per heavy atom. The average molecular weight is 374 g/mol. The number of benzene rings is 2. The van der Waals surface area contributed by atoms with Gasteiger partial charge in [-0.1, -0.05) is 49.6 Å². The third-order valence-corrected chi connectivity index (χ3v) is 3.41. The van der Waals surface area contributed by atoms with Crippen molar-refractivity contribution in [1.29, 1.82) is 0 Å². The fraction of sp³-hybridized carbons (Fsp3) is 0. The van der Waals surface area contributed by atoms with Crippen LogP contribution in [-0.4, -0.2) is 17.7 Å². The van der Waals surface area contributed by atoms with Gasteiger partial charge in [0.15, 0.2) is 5.78 Å². The van der Waals surface area contributed by atoms with Crippen LogP contribution in [0.3, 0.4) is 0 Å². The molecule has 0 spiro atoms. The van der Waals surface area contributed by atoms with Gasteiger partial charge in [0.1, 0.15) is 11.5 Å². The highest BCUT2D eigenvalue weighted by Gasteiger charge is 2.00. The number of hydrogen-bond acceptors (Lipinski definition) is 5. The van der Waals surface area contributed by atoms with Crippen LogP contribution in [0.25, 0.3) is 12.2 Å². The van der Waals surface area contributed by atoms with Gasteiger partial charge in [-0.05, 0) is 47.5 Å². The van der Waals surface area contributed by atoms with Gasteiger partial charge in [-0.15, -0.1) is 0 Å². The quantitative estimate of drug-likeness (QED) is 0.394. The van der Waals surface area contributed by atoms with E-state index in [1.807, 2.05) is 0 Å². The average Bonchev–Trinajstić information content (AvgIpc) is 2.72. The largest absolute Gasteiger partial charge is 0.423 e. The van der Waals surface area contributed by atoms with Crippen molar-refractivity contribution in [3.05, 3.63) is 97.1 Å². The van der Waals surface area contributed by atoms with Crippen molar-refractivity contribution in [1.82, 2.24) is 0 Å². The molecule has 0 aliphatic carbocycles. The second kappa shape index (κ2) is 10.2. The summed E-state index contributed by atoms with van der Waals surface area (Å²) < 4.78 is 9.95. The summed E-state index contributed by atoms with van der Waals surface area (Å²) in [6.07, 6.45) is 8.34. The predicted octanol–water partition coefficient (Wildman–Crippen LogP) is 4.17. The third kappa shape index (κ3) is 6.72. The number of rotatable bonds is 8. The zero-order valence-electron chi connectivity index (χ0n) is 15.0. The van der Waals surface area contributed by atoms with E-state index in [1.165, 1.54) is 12.2 Å². The Morgan fingerprint density at radius 3 is 1.32 bits per heavy atom. The van der Waals surface area contributed by atoms with Gasteiger partial charge >= 0.3 is 11.9 Å². The van der Waals surface area contributed by atoms with Gasteiger partial charge in [0, 0.05) is 12.2 Å².